The van der Waals surface area contributed by atoms with Crippen molar-refractivity contribution in [2.24, 2.45) is 0 Å². The van der Waals surface area contributed by atoms with Gasteiger partial charge in [-0.25, -0.2) is 14.8 Å². The lowest BCUT2D eigenvalue weighted by Crippen LogP contribution is -2.18. The quantitative estimate of drug-likeness (QED) is 0.427. The van der Waals surface area contributed by atoms with Crippen LogP contribution in [0.15, 0.2) is 48.5 Å². The number of benzene rings is 2. The summed E-state index contributed by atoms with van der Waals surface area (Å²) in [5, 5.41) is 3.14. The van der Waals surface area contributed by atoms with Crippen LogP contribution in [0.25, 0.3) is 0 Å². The number of aromatic nitrogens is 2. The first-order valence-electron chi connectivity index (χ1n) is 9.93. The van der Waals surface area contributed by atoms with Gasteiger partial charge in [-0.15, -0.1) is 0 Å². The molecule has 1 heterocycles. The van der Waals surface area contributed by atoms with Gasteiger partial charge in [0.1, 0.15) is 11.5 Å². The Kier molecular flexibility index (Phi) is 6.67. The number of rotatable bonds is 7. The number of esters is 1. The molecule has 0 saturated carbocycles. The van der Waals surface area contributed by atoms with Crippen molar-refractivity contribution < 1.29 is 14.3 Å². The first-order valence-corrected chi connectivity index (χ1v) is 9.93. The SMILES string of the molecule is Cc1ccc(C(C)C)c(OCC(=O)Oc2cccc(Nc3nc(C)cc(C)n3)c2)c1. The molecule has 0 saturated heterocycles. The van der Waals surface area contributed by atoms with Gasteiger partial charge < -0.3 is 14.8 Å². The lowest BCUT2D eigenvalue weighted by Gasteiger charge is -2.14. The third-order valence-corrected chi connectivity index (χ3v) is 4.44. The monoisotopic (exact) mass is 405 g/mol. The van der Waals surface area contributed by atoms with E-state index in [2.05, 4.69) is 29.1 Å². The Morgan fingerprint density at radius 3 is 2.43 bits per heavy atom. The maximum atomic E-state index is 12.3. The van der Waals surface area contributed by atoms with Crippen LogP contribution < -0.4 is 14.8 Å². The molecule has 0 aliphatic carbocycles. The Morgan fingerprint density at radius 2 is 1.73 bits per heavy atom. The lowest BCUT2D eigenvalue weighted by molar-refractivity contribution is -0.136. The van der Waals surface area contributed by atoms with Crippen LogP contribution in [0.1, 0.15) is 42.3 Å². The van der Waals surface area contributed by atoms with E-state index < -0.39 is 5.97 Å². The second-order valence-electron chi connectivity index (χ2n) is 7.59. The van der Waals surface area contributed by atoms with E-state index in [0.717, 1.165) is 28.2 Å². The molecular formula is C24H27N3O3. The fraction of sp³-hybridized carbons (Fsp3) is 0.292. The van der Waals surface area contributed by atoms with E-state index in [1.807, 2.05) is 51.1 Å². The molecule has 0 spiro atoms. The van der Waals surface area contributed by atoms with Crippen LogP contribution in [0.4, 0.5) is 11.6 Å². The van der Waals surface area contributed by atoms with E-state index in [0.29, 0.717) is 23.4 Å². The van der Waals surface area contributed by atoms with Crippen molar-refractivity contribution in [2.75, 3.05) is 11.9 Å². The van der Waals surface area contributed by atoms with E-state index in [9.17, 15) is 4.79 Å². The van der Waals surface area contributed by atoms with Gasteiger partial charge >= 0.3 is 5.97 Å². The summed E-state index contributed by atoms with van der Waals surface area (Å²) in [4.78, 5) is 21.0. The summed E-state index contributed by atoms with van der Waals surface area (Å²) in [7, 11) is 0. The van der Waals surface area contributed by atoms with Crippen molar-refractivity contribution in [3.8, 4) is 11.5 Å². The minimum atomic E-state index is -0.467. The zero-order valence-corrected chi connectivity index (χ0v) is 18.0. The Labute approximate surface area is 177 Å². The minimum absolute atomic E-state index is 0.166. The molecule has 1 N–H and O–H groups in total. The van der Waals surface area contributed by atoms with Crippen molar-refractivity contribution in [3.05, 3.63) is 71.0 Å². The third kappa shape index (κ3) is 5.80. The molecule has 0 aliphatic heterocycles. The fourth-order valence-electron chi connectivity index (χ4n) is 3.09. The molecule has 0 atom stereocenters. The van der Waals surface area contributed by atoms with Gasteiger partial charge in [-0.2, -0.15) is 0 Å². The Balaban J connectivity index is 1.64. The number of aryl methyl sites for hydroxylation is 3. The van der Waals surface area contributed by atoms with Crippen LogP contribution in [0.2, 0.25) is 0 Å². The highest BCUT2D eigenvalue weighted by atomic mass is 16.6. The molecule has 3 rings (SSSR count). The summed E-state index contributed by atoms with van der Waals surface area (Å²) in [5.74, 6) is 1.47. The molecule has 0 amide bonds. The molecule has 2 aromatic carbocycles. The van der Waals surface area contributed by atoms with Crippen LogP contribution in [-0.4, -0.2) is 22.5 Å². The number of hydrogen-bond acceptors (Lipinski definition) is 6. The predicted molar refractivity (Wildman–Crippen MR) is 118 cm³/mol. The topological polar surface area (TPSA) is 73.3 Å². The van der Waals surface area contributed by atoms with Gasteiger partial charge in [0.25, 0.3) is 0 Å². The molecule has 156 valence electrons. The number of carbonyl (C=O) groups excluding carboxylic acids is 1. The van der Waals surface area contributed by atoms with Crippen molar-refractivity contribution in [1.82, 2.24) is 9.97 Å². The second kappa shape index (κ2) is 9.39. The predicted octanol–water partition coefficient (Wildman–Crippen LogP) is 5.25. The number of hydrogen-bond donors (Lipinski definition) is 1. The normalized spacial score (nSPS) is 10.7. The zero-order chi connectivity index (χ0) is 21.7. The van der Waals surface area contributed by atoms with Crippen molar-refractivity contribution in [3.63, 3.8) is 0 Å². The van der Waals surface area contributed by atoms with Gasteiger partial charge in [0.15, 0.2) is 6.61 Å². The van der Waals surface area contributed by atoms with Crippen molar-refractivity contribution >= 4 is 17.6 Å². The van der Waals surface area contributed by atoms with Gasteiger partial charge in [-0.3, -0.25) is 0 Å². The molecule has 3 aromatic rings. The van der Waals surface area contributed by atoms with Gasteiger partial charge in [0.05, 0.1) is 0 Å². The Morgan fingerprint density at radius 1 is 1.00 bits per heavy atom. The average molecular weight is 405 g/mol. The van der Waals surface area contributed by atoms with Crippen molar-refractivity contribution in [1.29, 1.82) is 0 Å². The highest BCUT2D eigenvalue weighted by molar-refractivity contribution is 5.74. The maximum Gasteiger partial charge on any atom is 0.349 e. The molecule has 0 fully saturated rings. The molecule has 6 nitrogen and oxygen atoms in total. The molecule has 0 unspecified atom stereocenters. The van der Waals surface area contributed by atoms with Gasteiger partial charge in [-0.1, -0.05) is 32.0 Å². The molecular weight excluding hydrogens is 378 g/mol. The number of nitrogens with zero attached hydrogens (tertiary/aromatic N) is 2. The van der Waals surface area contributed by atoms with Gasteiger partial charge in [-0.05, 0) is 62.1 Å². The fourth-order valence-corrected chi connectivity index (χ4v) is 3.09. The highest BCUT2D eigenvalue weighted by Gasteiger charge is 2.12. The van der Waals surface area contributed by atoms with Crippen LogP contribution in [-0.2, 0) is 4.79 Å². The summed E-state index contributed by atoms with van der Waals surface area (Å²) < 4.78 is 11.2. The molecule has 0 bridgehead atoms. The Bertz CT molecular complexity index is 1030. The minimum Gasteiger partial charge on any atom is -0.482 e. The molecule has 1 aromatic heterocycles. The first-order chi connectivity index (χ1) is 14.3. The number of ether oxygens (including phenoxy) is 2. The number of anilines is 2. The molecule has 0 aliphatic rings. The third-order valence-electron chi connectivity index (χ3n) is 4.44. The van der Waals surface area contributed by atoms with Crippen molar-refractivity contribution in [2.45, 2.75) is 40.5 Å². The van der Waals surface area contributed by atoms with Crippen LogP contribution >= 0.6 is 0 Å². The van der Waals surface area contributed by atoms with Gasteiger partial charge in [0, 0.05) is 23.1 Å². The largest absolute Gasteiger partial charge is 0.482 e. The van der Waals surface area contributed by atoms with E-state index >= 15 is 0 Å². The second-order valence-corrected chi connectivity index (χ2v) is 7.59. The van der Waals surface area contributed by atoms with E-state index in [1.54, 1.807) is 18.2 Å². The van der Waals surface area contributed by atoms with Crippen LogP contribution in [0.3, 0.4) is 0 Å². The van der Waals surface area contributed by atoms with Crippen LogP contribution in [0, 0.1) is 20.8 Å². The van der Waals surface area contributed by atoms with E-state index in [4.69, 9.17) is 9.47 Å². The van der Waals surface area contributed by atoms with E-state index in [-0.39, 0.29) is 6.61 Å². The summed E-state index contributed by atoms with van der Waals surface area (Å²) in [6, 6.07) is 15.0. The summed E-state index contributed by atoms with van der Waals surface area (Å²) in [5.41, 5.74) is 4.62. The maximum absolute atomic E-state index is 12.3. The molecule has 6 heteroatoms. The summed E-state index contributed by atoms with van der Waals surface area (Å²) in [6.45, 7) is 9.84. The summed E-state index contributed by atoms with van der Waals surface area (Å²) in [6.07, 6.45) is 0. The van der Waals surface area contributed by atoms with Gasteiger partial charge in [0.2, 0.25) is 5.95 Å². The number of nitrogens with one attached hydrogen (secondary N) is 1. The van der Waals surface area contributed by atoms with Crippen LogP contribution in [0.5, 0.6) is 11.5 Å². The highest BCUT2D eigenvalue weighted by Crippen LogP contribution is 2.27. The molecule has 0 radical (unpaired) electrons. The Hall–Kier alpha value is -3.41. The summed E-state index contributed by atoms with van der Waals surface area (Å²) >= 11 is 0. The lowest BCUT2D eigenvalue weighted by atomic mass is 10.0. The first kappa shape index (κ1) is 21.3. The standard InChI is InChI=1S/C24H27N3O3/c1-15(2)21-10-9-16(3)11-22(21)29-14-23(28)30-20-8-6-7-19(13-20)27-24-25-17(4)12-18(5)26-24/h6-13,15H,14H2,1-5H3,(H,25,26,27). The zero-order valence-electron chi connectivity index (χ0n) is 18.0. The number of carbonyl (C=O) groups is 1. The smallest absolute Gasteiger partial charge is 0.349 e. The van der Waals surface area contributed by atoms with E-state index in [1.165, 1.54) is 0 Å². The molecule has 30 heavy (non-hydrogen) atoms. The average Bonchev–Trinajstić information content (AvgIpc) is 2.65.